The molecule has 1 aromatic carbocycles. The minimum atomic E-state index is -0.187. The van der Waals surface area contributed by atoms with Crippen molar-refractivity contribution in [3.63, 3.8) is 0 Å². The van der Waals surface area contributed by atoms with Gasteiger partial charge in [0.05, 0.1) is 5.88 Å². The number of benzene rings is 1. The van der Waals surface area contributed by atoms with Crippen molar-refractivity contribution in [1.29, 1.82) is 0 Å². The van der Waals surface area contributed by atoms with Gasteiger partial charge in [-0.3, -0.25) is 0 Å². The number of alkyl halides is 1. The van der Waals surface area contributed by atoms with Crippen LogP contribution in [-0.2, 0) is 5.88 Å². The lowest BCUT2D eigenvalue weighted by Crippen LogP contribution is -2.25. The number of halogens is 2. The Morgan fingerprint density at radius 3 is 2.94 bits per heavy atom. The Hall–Kier alpha value is -0.410. The maximum absolute atomic E-state index is 13.7. The van der Waals surface area contributed by atoms with E-state index in [1.807, 2.05) is 17.8 Å². The largest absolute Gasteiger partial charge is 0.371 e. The third-order valence-electron chi connectivity index (χ3n) is 3.58. The fraction of sp³-hybridized carbons (Fsp3) is 0.571. The quantitative estimate of drug-likeness (QED) is 0.763. The maximum atomic E-state index is 13.7. The molecule has 1 aliphatic heterocycles. The third-order valence-corrected chi connectivity index (χ3v) is 4.98. The molecule has 1 fully saturated rings. The van der Waals surface area contributed by atoms with Crippen LogP contribution in [-0.4, -0.2) is 24.6 Å². The molecule has 18 heavy (non-hydrogen) atoms. The molecule has 0 radical (unpaired) electrons. The number of hydrogen-bond donors (Lipinski definition) is 0. The summed E-state index contributed by atoms with van der Waals surface area (Å²) in [5, 5.41) is 0.739. The Balaban J connectivity index is 2.18. The van der Waals surface area contributed by atoms with Gasteiger partial charge in [-0.1, -0.05) is 6.07 Å². The van der Waals surface area contributed by atoms with Crippen molar-refractivity contribution >= 4 is 29.1 Å². The van der Waals surface area contributed by atoms with Crippen LogP contribution in [0.15, 0.2) is 18.2 Å². The number of nitrogens with zero attached hydrogens (tertiary/aromatic N) is 1. The molecule has 0 amide bonds. The van der Waals surface area contributed by atoms with Crippen molar-refractivity contribution in [2.75, 3.05) is 24.2 Å². The van der Waals surface area contributed by atoms with Crippen molar-refractivity contribution in [2.24, 2.45) is 0 Å². The van der Waals surface area contributed by atoms with Crippen molar-refractivity contribution in [3.05, 3.63) is 29.6 Å². The molecular formula is C14H19ClFNS. The van der Waals surface area contributed by atoms with Crippen LogP contribution >= 0.6 is 23.4 Å². The lowest BCUT2D eigenvalue weighted by molar-refractivity contribution is 0.615. The van der Waals surface area contributed by atoms with E-state index in [0.29, 0.717) is 5.56 Å². The van der Waals surface area contributed by atoms with Crippen LogP contribution in [0, 0.1) is 5.82 Å². The van der Waals surface area contributed by atoms with Gasteiger partial charge in [0.1, 0.15) is 5.82 Å². The standard InChI is InChI=1S/C14H19ClFNS/c1-18-11-4-3-8-17(9-7-11)14-6-2-5-13(16)12(14)10-15/h2,5-6,11H,3-4,7-10H2,1H3. The van der Waals surface area contributed by atoms with Gasteiger partial charge < -0.3 is 4.90 Å². The summed E-state index contributed by atoms with van der Waals surface area (Å²) < 4.78 is 13.7. The van der Waals surface area contributed by atoms with Crippen molar-refractivity contribution in [3.8, 4) is 0 Å². The van der Waals surface area contributed by atoms with Gasteiger partial charge in [-0.2, -0.15) is 11.8 Å². The van der Waals surface area contributed by atoms with Crippen molar-refractivity contribution in [1.82, 2.24) is 0 Å². The Bertz CT molecular complexity index is 399. The minimum absolute atomic E-state index is 0.187. The lowest BCUT2D eigenvalue weighted by Gasteiger charge is -2.25. The van der Waals surface area contributed by atoms with Crippen LogP contribution in [0.4, 0.5) is 10.1 Å². The zero-order valence-corrected chi connectivity index (χ0v) is 12.2. The van der Waals surface area contributed by atoms with Crippen LogP contribution in [0.3, 0.4) is 0 Å². The molecule has 0 aromatic heterocycles. The van der Waals surface area contributed by atoms with Crippen LogP contribution < -0.4 is 4.90 Å². The highest BCUT2D eigenvalue weighted by molar-refractivity contribution is 7.99. The van der Waals surface area contributed by atoms with Crippen LogP contribution in [0.2, 0.25) is 0 Å². The molecule has 0 spiro atoms. The highest BCUT2D eigenvalue weighted by Gasteiger charge is 2.19. The van der Waals surface area contributed by atoms with Crippen LogP contribution in [0.1, 0.15) is 24.8 Å². The first-order valence-electron chi connectivity index (χ1n) is 6.37. The summed E-state index contributed by atoms with van der Waals surface area (Å²) in [6.07, 6.45) is 5.76. The summed E-state index contributed by atoms with van der Waals surface area (Å²) in [7, 11) is 0. The van der Waals surface area contributed by atoms with E-state index in [-0.39, 0.29) is 11.7 Å². The molecular weight excluding hydrogens is 269 g/mol. The summed E-state index contributed by atoms with van der Waals surface area (Å²) in [5.74, 6) is 0.0537. The number of hydrogen-bond acceptors (Lipinski definition) is 2. The second-order valence-corrected chi connectivity index (χ2v) is 6.05. The molecule has 1 nitrogen and oxygen atoms in total. The molecule has 0 aliphatic carbocycles. The summed E-state index contributed by atoms with van der Waals surface area (Å²) in [6.45, 7) is 2.00. The average Bonchev–Trinajstić information content (AvgIpc) is 2.63. The van der Waals surface area contributed by atoms with E-state index in [2.05, 4.69) is 11.2 Å². The first-order valence-corrected chi connectivity index (χ1v) is 8.19. The van der Waals surface area contributed by atoms with Gasteiger partial charge in [-0.25, -0.2) is 4.39 Å². The topological polar surface area (TPSA) is 3.24 Å². The molecule has 1 heterocycles. The fourth-order valence-corrected chi connectivity index (χ4v) is 3.53. The Labute approximate surface area is 118 Å². The summed E-state index contributed by atoms with van der Waals surface area (Å²) >= 11 is 7.83. The van der Waals surface area contributed by atoms with E-state index in [1.165, 1.54) is 25.3 Å². The molecule has 0 N–H and O–H groups in total. The monoisotopic (exact) mass is 287 g/mol. The zero-order chi connectivity index (χ0) is 13.0. The van der Waals surface area contributed by atoms with E-state index in [4.69, 9.17) is 11.6 Å². The van der Waals surface area contributed by atoms with Crippen LogP contribution in [0.25, 0.3) is 0 Å². The molecule has 100 valence electrons. The summed E-state index contributed by atoms with van der Waals surface area (Å²) in [4.78, 5) is 2.29. The SMILES string of the molecule is CSC1CCCN(c2cccc(F)c2CCl)CC1. The summed E-state index contributed by atoms with van der Waals surface area (Å²) in [5.41, 5.74) is 1.62. The van der Waals surface area contributed by atoms with E-state index >= 15 is 0 Å². The van der Waals surface area contributed by atoms with Crippen LogP contribution in [0.5, 0.6) is 0 Å². The predicted octanol–water partition coefficient (Wildman–Crippen LogP) is 4.29. The number of rotatable bonds is 3. The van der Waals surface area contributed by atoms with E-state index in [1.54, 1.807) is 6.07 Å². The molecule has 0 bridgehead atoms. The Morgan fingerprint density at radius 2 is 2.22 bits per heavy atom. The van der Waals surface area contributed by atoms with E-state index in [0.717, 1.165) is 24.0 Å². The van der Waals surface area contributed by atoms with Crippen molar-refractivity contribution in [2.45, 2.75) is 30.4 Å². The number of anilines is 1. The Morgan fingerprint density at radius 1 is 1.39 bits per heavy atom. The molecule has 0 saturated carbocycles. The summed E-state index contributed by atoms with van der Waals surface area (Å²) in [6, 6.07) is 5.25. The first-order chi connectivity index (χ1) is 8.76. The first kappa shape index (κ1) is 14.0. The van der Waals surface area contributed by atoms with E-state index in [9.17, 15) is 4.39 Å². The van der Waals surface area contributed by atoms with Crippen molar-refractivity contribution < 1.29 is 4.39 Å². The zero-order valence-electron chi connectivity index (χ0n) is 10.7. The molecule has 1 unspecified atom stereocenters. The number of thioether (sulfide) groups is 1. The molecule has 1 saturated heterocycles. The van der Waals surface area contributed by atoms with Gasteiger partial charge in [0.25, 0.3) is 0 Å². The smallest absolute Gasteiger partial charge is 0.129 e. The highest BCUT2D eigenvalue weighted by Crippen LogP contribution is 2.29. The second-order valence-electron chi connectivity index (χ2n) is 4.65. The average molecular weight is 288 g/mol. The predicted molar refractivity (Wildman–Crippen MR) is 79.3 cm³/mol. The van der Waals surface area contributed by atoms with Gasteiger partial charge in [0, 0.05) is 29.6 Å². The van der Waals surface area contributed by atoms with Gasteiger partial charge in [0.2, 0.25) is 0 Å². The Kier molecular flexibility index (Phi) is 5.19. The molecule has 1 aromatic rings. The van der Waals surface area contributed by atoms with Gasteiger partial charge in [-0.15, -0.1) is 11.6 Å². The van der Waals surface area contributed by atoms with Gasteiger partial charge in [-0.05, 0) is 37.7 Å². The maximum Gasteiger partial charge on any atom is 0.129 e. The fourth-order valence-electron chi connectivity index (χ4n) is 2.52. The van der Waals surface area contributed by atoms with Gasteiger partial charge >= 0.3 is 0 Å². The normalized spacial score (nSPS) is 20.8. The molecule has 4 heteroatoms. The van der Waals surface area contributed by atoms with E-state index < -0.39 is 0 Å². The lowest BCUT2D eigenvalue weighted by atomic mass is 10.1. The second kappa shape index (κ2) is 6.67. The molecule has 1 atom stereocenters. The third kappa shape index (κ3) is 3.12. The minimum Gasteiger partial charge on any atom is -0.371 e. The highest BCUT2D eigenvalue weighted by atomic mass is 35.5. The van der Waals surface area contributed by atoms with Gasteiger partial charge in [0.15, 0.2) is 0 Å². The molecule has 2 rings (SSSR count). The molecule has 1 aliphatic rings.